The summed E-state index contributed by atoms with van der Waals surface area (Å²) < 4.78 is 0. The highest BCUT2D eigenvalue weighted by Gasteiger charge is 2.01. The first-order valence-electron chi connectivity index (χ1n) is 5.31. The van der Waals surface area contributed by atoms with Gasteiger partial charge in [0.1, 0.15) is 0 Å². The Morgan fingerprint density at radius 3 is 2.31 bits per heavy atom. The van der Waals surface area contributed by atoms with Crippen molar-refractivity contribution in [3.8, 4) is 0 Å². The van der Waals surface area contributed by atoms with Crippen molar-refractivity contribution >= 4 is 11.7 Å². The smallest absolute Gasteiger partial charge is 0.226 e. The predicted molar refractivity (Wildman–Crippen MR) is 66.9 cm³/mol. The van der Waals surface area contributed by atoms with E-state index in [0.717, 1.165) is 11.3 Å². The third-order valence-electron chi connectivity index (χ3n) is 2.08. The summed E-state index contributed by atoms with van der Waals surface area (Å²) >= 11 is 0. The summed E-state index contributed by atoms with van der Waals surface area (Å²) in [7, 11) is 0. The van der Waals surface area contributed by atoms with Gasteiger partial charge in [0.15, 0.2) is 0 Å². The molecule has 0 aliphatic heterocycles. The normalized spacial score (nSPS) is 11.7. The third-order valence-corrected chi connectivity index (χ3v) is 2.08. The van der Waals surface area contributed by atoms with Crippen LogP contribution in [0.4, 0.5) is 5.95 Å². The highest BCUT2D eigenvalue weighted by Crippen LogP contribution is 2.12. The van der Waals surface area contributed by atoms with Crippen molar-refractivity contribution in [1.29, 1.82) is 5.41 Å². The lowest BCUT2D eigenvalue weighted by atomic mass is 10.1. The van der Waals surface area contributed by atoms with Gasteiger partial charge in [-0.15, -0.1) is 0 Å². The molecule has 1 heterocycles. The predicted octanol–water partition coefficient (Wildman–Crippen LogP) is 2.96. The van der Waals surface area contributed by atoms with Crippen LogP contribution in [0.15, 0.2) is 24.2 Å². The zero-order valence-electron chi connectivity index (χ0n) is 10.2. The van der Waals surface area contributed by atoms with Gasteiger partial charge in [0.25, 0.3) is 0 Å². The maximum absolute atomic E-state index is 7.32. The van der Waals surface area contributed by atoms with Crippen LogP contribution >= 0.6 is 0 Å². The molecule has 2 N–H and O–H groups in total. The first-order chi connectivity index (χ1) is 7.49. The molecule has 0 fully saturated rings. The SMILES string of the molecule is CC(=N)/C=C(/C)Nc1ncc(C(C)C)cn1. The van der Waals surface area contributed by atoms with E-state index >= 15 is 0 Å². The Morgan fingerprint density at radius 2 is 1.88 bits per heavy atom. The van der Waals surface area contributed by atoms with Crippen molar-refractivity contribution in [1.82, 2.24) is 9.97 Å². The maximum Gasteiger partial charge on any atom is 0.226 e. The Morgan fingerprint density at radius 1 is 1.31 bits per heavy atom. The molecule has 4 heteroatoms. The van der Waals surface area contributed by atoms with Gasteiger partial charge in [0.05, 0.1) is 0 Å². The van der Waals surface area contributed by atoms with Gasteiger partial charge in [-0.2, -0.15) is 0 Å². The van der Waals surface area contributed by atoms with Gasteiger partial charge in [0, 0.05) is 23.8 Å². The topological polar surface area (TPSA) is 61.7 Å². The Balaban J connectivity index is 2.72. The Labute approximate surface area is 96.3 Å². The summed E-state index contributed by atoms with van der Waals surface area (Å²) in [5, 5.41) is 10.4. The van der Waals surface area contributed by atoms with E-state index < -0.39 is 0 Å². The fraction of sp³-hybridized carbons (Fsp3) is 0.417. The first-order valence-corrected chi connectivity index (χ1v) is 5.31. The lowest BCUT2D eigenvalue weighted by Gasteiger charge is -2.07. The number of allylic oxidation sites excluding steroid dienone is 2. The summed E-state index contributed by atoms with van der Waals surface area (Å²) in [6, 6.07) is 0. The number of nitrogens with one attached hydrogen (secondary N) is 2. The number of aromatic nitrogens is 2. The molecule has 1 aromatic rings. The number of nitrogens with zero attached hydrogens (tertiary/aromatic N) is 2. The number of rotatable bonds is 4. The second-order valence-electron chi connectivity index (χ2n) is 4.13. The quantitative estimate of drug-likeness (QED) is 0.764. The van der Waals surface area contributed by atoms with Crippen LogP contribution in [-0.2, 0) is 0 Å². The van der Waals surface area contributed by atoms with Crippen molar-refractivity contribution in [2.75, 3.05) is 5.32 Å². The van der Waals surface area contributed by atoms with Gasteiger partial charge >= 0.3 is 0 Å². The van der Waals surface area contributed by atoms with Crippen LogP contribution in [0.5, 0.6) is 0 Å². The average molecular weight is 218 g/mol. The van der Waals surface area contributed by atoms with E-state index in [2.05, 4.69) is 29.1 Å². The zero-order chi connectivity index (χ0) is 12.1. The molecule has 4 nitrogen and oxygen atoms in total. The summed E-state index contributed by atoms with van der Waals surface area (Å²) in [6.07, 6.45) is 5.38. The van der Waals surface area contributed by atoms with Gasteiger partial charge in [-0.1, -0.05) is 13.8 Å². The highest BCUT2D eigenvalue weighted by atomic mass is 15.1. The van der Waals surface area contributed by atoms with Crippen LogP contribution in [0, 0.1) is 5.41 Å². The van der Waals surface area contributed by atoms with Crippen LogP contribution in [0.3, 0.4) is 0 Å². The Hall–Kier alpha value is -1.71. The van der Waals surface area contributed by atoms with Gasteiger partial charge < -0.3 is 10.7 Å². The van der Waals surface area contributed by atoms with Crippen molar-refractivity contribution in [3.63, 3.8) is 0 Å². The molecule has 0 atom stereocenters. The molecule has 0 saturated carbocycles. The summed E-state index contributed by atoms with van der Waals surface area (Å²) in [5.74, 6) is 1.01. The lowest BCUT2D eigenvalue weighted by Crippen LogP contribution is -2.03. The minimum Gasteiger partial charge on any atom is -0.328 e. The van der Waals surface area contributed by atoms with E-state index in [-0.39, 0.29) is 0 Å². The standard InChI is InChI=1S/C12H18N4/c1-8(2)11-6-14-12(15-7-11)16-10(4)5-9(3)13/h5-8,13H,1-4H3,(H,14,15,16)/b10-5-,13-9?. The van der Waals surface area contributed by atoms with Crippen LogP contribution < -0.4 is 5.32 Å². The van der Waals surface area contributed by atoms with Crippen LogP contribution in [-0.4, -0.2) is 15.7 Å². The van der Waals surface area contributed by atoms with Gasteiger partial charge in [-0.25, -0.2) is 9.97 Å². The first kappa shape index (κ1) is 12.4. The number of hydrogen-bond donors (Lipinski definition) is 2. The molecule has 0 amide bonds. The van der Waals surface area contributed by atoms with Gasteiger partial charge in [0.2, 0.25) is 5.95 Å². The molecule has 86 valence electrons. The van der Waals surface area contributed by atoms with E-state index in [1.165, 1.54) is 0 Å². The second kappa shape index (κ2) is 5.39. The van der Waals surface area contributed by atoms with Crippen LogP contribution in [0.25, 0.3) is 0 Å². The molecule has 0 radical (unpaired) electrons. The molecular weight excluding hydrogens is 200 g/mol. The molecule has 16 heavy (non-hydrogen) atoms. The molecular formula is C12H18N4. The number of anilines is 1. The van der Waals surface area contributed by atoms with Crippen molar-refractivity contribution in [2.45, 2.75) is 33.6 Å². The molecule has 0 saturated heterocycles. The van der Waals surface area contributed by atoms with Gasteiger partial charge in [-0.05, 0) is 31.4 Å². The summed E-state index contributed by atoms with van der Waals surface area (Å²) in [6.45, 7) is 7.83. The van der Waals surface area contributed by atoms with E-state index in [1.807, 2.05) is 19.3 Å². The molecule has 0 bridgehead atoms. The van der Waals surface area contributed by atoms with Gasteiger partial charge in [-0.3, -0.25) is 0 Å². The Bertz CT molecular complexity index is 390. The van der Waals surface area contributed by atoms with E-state index in [4.69, 9.17) is 5.41 Å². The minimum atomic E-state index is 0.439. The summed E-state index contributed by atoms with van der Waals surface area (Å²) in [5.41, 5.74) is 2.49. The fourth-order valence-corrected chi connectivity index (χ4v) is 1.24. The molecule has 1 rings (SSSR count). The minimum absolute atomic E-state index is 0.439. The second-order valence-corrected chi connectivity index (χ2v) is 4.13. The molecule has 0 aliphatic carbocycles. The Kier molecular flexibility index (Phi) is 4.17. The van der Waals surface area contributed by atoms with Crippen molar-refractivity contribution in [2.24, 2.45) is 0 Å². The lowest BCUT2D eigenvalue weighted by molar-refractivity contribution is 0.846. The van der Waals surface area contributed by atoms with Crippen molar-refractivity contribution in [3.05, 3.63) is 29.7 Å². The summed E-state index contributed by atoms with van der Waals surface area (Å²) in [4.78, 5) is 8.43. The molecule has 1 aromatic heterocycles. The molecule has 0 spiro atoms. The monoisotopic (exact) mass is 218 g/mol. The molecule has 0 aromatic carbocycles. The van der Waals surface area contributed by atoms with E-state index in [1.54, 1.807) is 13.0 Å². The fourth-order valence-electron chi connectivity index (χ4n) is 1.24. The molecule has 0 unspecified atom stereocenters. The number of hydrogen-bond acceptors (Lipinski definition) is 4. The molecule has 0 aliphatic rings. The van der Waals surface area contributed by atoms with E-state index in [0.29, 0.717) is 17.6 Å². The average Bonchev–Trinajstić information content (AvgIpc) is 2.16. The maximum atomic E-state index is 7.32. The van der Waals surface area contributed by atoms with E-state index in [9.17, 15) is 0 Å². The van der Waals surface area contributed by atoms with Crippen LogP contribution in [0.2, 0.25) is 0 Å². The largest absolute Gasteiger partial charge is 0.328 e. The third kappa shape index (κ3) is 3.81. The van der Waals surface area contributed by atoms with Crippen LogP contribution in [0.1, 0.15) is 39.2 Å². The highest BCUT2D eigenvalue weighted by molar-refractivity contribution is 5.90. The zero-order valence-corrected chi connectivity index (χ0v) is 10.2. The van der Waals surface area contributed by atoms with Crippen molar-refractivity contribution < 1.29 is 0 Å².